The first-order valence-corrected chi connectivity index (χ1v) is 6.46. The topological polar surface area (TPSA) is 23.5 Å². The molecule has 1 N–H and O–H groups in total. The third kappa shape index (κ3) is 4.49. The summed E-state index contributed by atoms with van der Waals surface area (Å²) >= 11 is 0. The highest BCUT2D eigenvalue weighted by atomic mass is 16.3. The van der Waals surface area contributed by atoms with Crippen LogP contribution in [0.25, 0.3) is 0 Å². The van der Waals surface area contributed by atoms with Gasteiger partial charge in [0, 0.05) is 13.1 Å². The summed E-state index contributed by atoms with van der Waals surface area (Å²) in [6, 6.07) is 8.05. The summed E-state index contributed by atoms with van der Waals surface area (Å²) in [4.78, 5) is 2.21. The minimum atomic E-state index is -0.384. The molecular formula is C15H25NO. The van der Waals surface area contributed by atoms with Crippen LogP contribution in [-0.4, -0.2) is 30.1 Å². The van der Waals surface area contributed by atoms with E-state index in [1.807, 2.05) is 31.2 Å². The van der Waals surface area contributed by atoms with Crippen LogP contribution in [-0.2, 0) is 0 Å². The quantitative estimate of drug-likeness (QED) is 0.819. The molecule has 96 valence electrons. The fourth-order valence-electron chi connectivity index (χ4n) is 2.09. The van der Waals surface area contributed by atoms with Crippen LogP contribution < -0.4 is 0 Å². The average Bonchev–Trinajstić information content (AvgIpc) is 2.29. The van der Waals surface area contributed by atoms with Crippen molar-refractivity contribution in [1.29, 1.82) is 0 Å². The normalized spacial score (nSPS) is 14.9. The highest BCUT2D eigenvalue weighted by molar-refractivity contribution is 5.27. The highest BCUT2D eigenvalue weighted by Gasteiger charge is 2.13. The average molecular weight is 235 g/mol. The Hall–Kier alpha value is -0.860. The van der Waals surface area contributed by atoms with Gasteiger partial charge in [0.05, 0.1) is 6.10 Å². The molecule has 0 aromatic heterocycles. The molecule has 0 aliphatic heterocycles. The lowest BCUT2D eigenvalue weighted by Crippen LogP contribution is -2.29. The standard InChI is InChI=1S/C15H25NO/c1-5-12(2)10-16(4)11-15(17)14-9-7-6-8-13(14)3/h6-9,12,15,17H,5,10-11H2,1-4H3. The molecule has 17 heavy (non-hydrogen) atoms. The van der Waals surface area contributed by atoms with Crippen molar-refractivity contribution < 1.29 is 5.11 Å². The van der Waals surface area contributed by atoms with Gasteiger partial charge in [-0.05, 0) is 31.0 Å². The first kappa shape index (κ1) is 14.2. The molecule has 0 amide bonds. The van der Waals surface area contributed by atoms with Crippen molar-refractivity contribution in [2.75, 3.05) is 20.1 Å². The molecule has 0 saturated carbocycles. The van der Waals surface area contributed by atoms with Crippen LogP contribution in [0.3, 0.4) is 0 Å². The van der Waals surface area contributed by atoms with Crippen LogP contribution in [0.1, 0.15) is 37.5 Å². The zero-order valence-electron chi connectivity index (χ0n) is 11.5. The summed E-state index contributed by atoms with van der Waals surface area (Å²) in [5.74, 6) is 0.684. The smallest absolute Gasteiger partial charge is 0.0919 e. The maximum atomic E-state index is 10.2. The van der Waals surface area contributed by atoms with E-state index in [1.54, 1.807) is 0 Å². The van der Waals surface area contributed by atoms with Crippen LogP contribution in [0.4, 0.5) is 0 Å². The number of likely N-dealkylation sites (N-methyl/N-ethyl adjacent to an activating group) is 1. The van der Waals surface area contributed by atoms with E-state index >= 15 is 0 Å². The fourth-order valence-corrected chi connectivity index (χ4v) is 2.09. The Kier molecular flexibility index (Phi) is 5.66. The molecule has 0 aliphatic carbocycles. The van der Waals surface area contributed by atoms with Crippen molar-refractivity contribution >= 4 is 0 Å². The van der Waals surface area contributed by atoms with E-state index in [1.165, 1.54) is 6.42 Å². The van der Waals surface area contributed by atoms with Crippen LogP contribution in [0.5, 0.6) is 0 Å². The fraction of sp³-hybridized carbons (Fsp3) is 0.600. The maximum absolute atomic E-state index is 10.2. The van der Waals surface area contributed by atoms with Gasteiger partial charge in [-0.3, -0.25) is 0 Å². The minimum absolute atomic E-state index is 0.384. The maximum Gasteiger partial charge on any atom is 0.0919 e. The van der Waals surface area contributed by atoms with Crippen molar-refractivity contribution in [3.05, 3.63) is 35.4 Å². The van der Waals surface area contributed by atoms with Crippen molar-refractivity contribution in [1.82, 2.24) is 4.90 Å². The second kappa shape index (κ2) is 6.77. The Morgan fingerprint density at radius 1 is 1.24 bits per heavy atom. The molecule has 0 aliphatic rings. The molecule has 0 fully saturated rings. The van der Waals surface area contributed by atoms with E-state index in [9.17, 15) is 5.11 Å². The van der Waals surface area contributed by atoms with Crippen molar-refractivity contribution in [3.8, 4) is 0 Å². The number of hydrogen-bond acceptors (Lipinski definition) is 2. The summed E-state index contributed by atoms with van der Waals surface area (Å²) in [6.45, 7) is 8.24. The monoisotopic (exact) mass is 235 g/mol. The largest absolute Gasteiger partial charge is 0.387 e. The molecule has 2 atom stereocenters. The summed E-state index contributed by atoms with van der Waals surface area (Å²) < 4.78 is 0. The van der Waals surface area contributed by atoms with Gasteiger partial charge >= 0.3 is 0 Å². The number of benzene rings is 1. The molecule has 0 saturated heterocycles. The number of hydrogen-bond donors (Lipinski definition) is 1. The minimum Gasteiger partial charge on any atom is -0.387 e. The third-order valence-electron chi connectivity index (χ3n) is 3.35. The van der Waals surface area contributed by atoms with E-state index in [-0.39, 0.29) is 6.10 Å². The predicted octanol–water partition coefficient (Wildman–Crippen LogP) is 3.01. The summed E-state index contributed by atoms with van der Waals surface area (Å²) in [5.41, 5.74) is 2.21. The van der Waals surface area contributed by atoms with E-state index in [0.29, 0.717) is 12.5 Å². The van der Waals surface area contributed by atoms with E-state index in [2.05, 4.69) is 25.8 Å². The molecule has 0 bridgehead atoms. The van der Waals surface area contributed by atoms with Gasteiger partial charge in [0.25, 0.3) is 0 Å². The first-order valence-electron chi connectivity index (χ1n) is 6.46. The lowest BCUT2D eigenvalue weighted by atomic mass is 10.0. The molecule has 0 heterocycles. The second-order valence-corrected chi connectivity index (χ2v) is 5.11. The van der Waals surface area contributed by atoms with Gasteiger partial charge in [0.15, 0.2) is 0 Å². The molecule has 0 spiro atoms. The highest BCUT2D eigenvalue weighted by Crippen LogP contribution is 2.18. The molecule has 2 heteroatoms. The molecule has 1 aromatic carbocycles. The van der Waals surface area contributed by atoms with Gasteiger partial charge < -0.3 is 10.0 Å². The summed E-state index contributed by atoms with van der Waals surface area (Å²) in [6.07, 6.45) is 0.801. The molecule has 1 aromatic rings. The number of aliphatic hydroxyl groups is 1. The summed E-state index contributed by atoms with van der Waals surface area (Å²) in [5, 5.41) is 10.2. The van der Waals surface area contributed by atoms with Gasteiger partial charge in [0.1, 0.15) is 0 Å². The Morgan fingerprint density at radius 3 is 2.47 bits per heavy atom. The zero-order valence-corrected chi connectivity index (χ0v) is 11.5. The Labute approximate surface area is 105 Å². The Morgan fingerprint density at radius 2 is 1.88 bits per heavy atom. The molecule has 2 unspecified atom stereocenters. The molecule has 0 radical (unpaired) electrons. The van der Waals surface area contributed by atoms with Crippen molar-refractivity contribution in [3.63, 3.8) is 0 Å². The van der Waals surface area contributed by atoms with Crippen molar-refractivity contribution in [2.45, 2.75) is 33.3 Å². The third-order valence-corrected chi connectivity index (χ3v) is 3.35. The zero-order chi connectivity index (χ0) is 12.8. The molecule has 1 rings (SSSR count). The van der Waals surface area contributed by atoms with E-state index in [0.717, 1.165) is 17.7 Å². The number of aliphatic hydroxyl groups excluding tert-OH is 1. The SMILES string of the molecule is CCC(C)CN(C)CC(O)c1ccccc1C. The van der Waals surface area contributed by atoms with Gasteiger partial charge in [-0.2, -0.15) is 0 Å². The molecule has 2 nitrogen and oxygen atoms in total. The first-order chi connectivity index (χ1) is 8.04. The van der Waals surface area contributed by atoms with Crippen molar-refractivity contribution in [2.24, 2.45) is 5.92 Å². The van der Waals surface area contributed by atoms with Crippen LogP contribution in [0.2, 0.25) is 0 Å². The Bertz CT molecular complexity index is 337. The predicted molar refractivity (Wildman–Crippen MR) is 73.1 cm³/mol. The van der Waals surface area contributed by atoms with Gasteiger partial charge in [-0.15, -0.1) is 0 Å². The number of rotatable bonds is 6. The summed E-state index contributed by atoms with van der Waals surface area (Å²) in [7, 11) is 2.08. The van der Waals surface area contributed by atoms with E-state index in [4.69, 9.17) is 0 Å². The lowest BCUT2D eigenvalue weighted by Gasteiger charge is -2.24. The lowest BCUT2D eigenvalue weighted by molar-refractivity contribution is 0.119. The van der Waals surface area contributed by atoms with E-state index < -0.39 is 0 Å². The second-order valence-electron chi connectivity index (χ2n) is 5.11. The number of nitrogens with zero attached hydrogens (tertiary/aromatic N) is 1. The van der Waals surface area contributed by atoms with Crippen LogP contribution in [0.15, 0.2) is 24.3 Å². The Balaban J connectivity index is 2.54. The van der Waals surface area contributed by atoms with Crippen LogP contribution >= 0.6 is 0 Å². The van der Waals surface area contributed by atoms with Crippen LogP contribution in [0, 0.1) is 12.8 Å². The van der Waals surface area contributed by atoms with Gasteiger partial charge in [-0.1, -0.05) is 44.5 Å². The van der Waals surface area contributed by atoms with Gasteiger partial charge in [-0.25, -0.2) is 0 Å². The molecular weight excluding hydrogens is 210 g/mol. The number of aryl methyl sites for hydroxylation is 1. The van der Waals surface area contributed by atoms with Gasteiger partial charge in [0.2, 0.25) is 0 Å².